The van der Waals surface area contributed by atoms with Crippen molar-refractivity contribution >= 4 is 11.8 Å². The summed E-state index contributed by atoms with van der Waals surface area (Å²) in [7, 11) is 0. The number of hydrogen-bond acceptors (Lipinski definition) is 5. The van der Waals surface area contributed by atoms with Crippen LogP contribution in [0.3, 0.4) is 0 Å². The van der Waals surface area contributed by atoms with E-state index in [-0.39, 0.29) is 0 Å². The summed E-state index contributed by atoms with van der Waals surface area (Å²) in [4.78, 5) is 4.44. The summed E-state index contributed by atoms with van der Waals surface area (Å²) in [5.74, 6) is 4.20. The molecule has 0 amide bonds. The quantitative estimate of drug-likeness (QED) is 0.908. The number of aryl methyl sites for hydroxylation is 1. The molecule has 2 aromatic rings. The maximum atomic E-state index is 5.30. The van der Waals surface area contributed by atoms with Gasteiger partial charge in [0.25, 0.3) is 5.89 Å². The Morgan fingerprint density at radius 3 is 2.79 bits per heavy atom. The van der Waals surface area contributed by atoms with Gasteiger partial charge in [0.15, 0.2) is 5.82 Å². The van der Waals surface area contributed by atoms with E-state index < -0.39 is 0 Å². The van der Waals surface area contributed by atoms with E-state index in [1.54, 1.807) is 0 Å². The Balaban J connectivity index is 1.57. The first-order valence-corrected chi connectivity index (χ1v) is 7.65. The minimum absolute atomic E-state index is 0.612. The van der Waals surface area contributed by atoms with Crippen LogP contribution in [0.5, 0.6) is 0 Å². The predicted octanol–water partition coefficient (Wildman–Crippen LogP) is 2.50. The average molecular weight is 275 g/mol. The van der Waals surface area contributed by atoms with E-state index in [0.717, 1.165) is 36.1 Å². The van der Waals surface area contributed by atoms with Crippen LogP contribution in [0.2, 0.25) is 0 Å². The van der Waals surface area contributed by atoms with Crippen LogP contribution in [-0.4, -0.2) is 29.0 Å². The lowest BCUT2D eigenvalue weighted by Gasteiger charge is -2.26. The van der Waals surface area contributed by atoms with Crippen molar-refractivity contribution in [2.24, 2.45) is 5.92 Å². The average Bonchev–Trinajstić information content (AvgIpc) is 2.82. The van der Waals surface area contributed by atoms with Crippen LogP contribution in [0.4, 0.5) is 0 Å². The SMILES string of the molecule is Cc1ccc(-c2nc(CSCC3CNC3)no2)cc1. The van der Waals surface area contributed by atoms with E-state index >= 15 is 0 Å². The molecule has 1 aliphatic rings. The molecule has 0 saturated carbocycles. The normalized spacial score (nSPS) is 15.4. The molecule has 0 bridgehead atoms. The summed E-state index contributed by atoms with van der Waals surface area (Å²) in [6, 6.07) is 8.13. The molecule has 1 aromatic carbocycles. The maximum Gasteiger partial charge on any atom is 0.257 e. The fourth-order valence-corrected chi connectivity index (χ4v) is 2.90. The van der Waals surface area contributed by atoms with Crippen LogP contribution in [-0.2, 0) is 5.75 Å². The minimum atomic E-state index is 0.612. The highest BCUT2D eigenvalue weighted by Crippen LogP contribution is 2.20. The van der Waals surface area contributed by atoms with Gasteiger partial charge in [-0.05, 0) is 43.8 Å². The molecular weight excluding hydrogens is 258 g/mol. The van der Waals surface area contributed by atoms with Gasteiger partial charge in [-0.1, -0.05) is 22.9 Å². The maximum absolute atomic E-state index is 5.30. The molecule has 0 radical (unpaired) electrons. The summed E-state index contributed by atoms with van der Waals surface area (Å²) in [5.41, 5.74) is 2.21. The lowest BCUT2D eigenvalue weighted by atomic mass is 10.1. The highest BCUT2D eigenvalue weighted by atomic mass is 32.2. The predicted molar refractivity (Wildman–Crippen MR) is 77.0 cm³/mol. The molecule has 4 nitrogen and oxygen atoms in total. The van der Waals surface area contributed by atoms with Crippen LogP contribution >= 0.6 is 11.8 Å². The van der Waals surface area contributed by atoms with Crippen molar-refractivity contribution in [1.82, 2.24) is 15.5 Å². The third-order valence-corrected chi connectivity index (χ3v) is 4.39. The number of aromatic nitrogens is 2. The zero-order valence-electron chi connectivity index (χ0n) is 10.9. The largest absolute Gasteiger partial charge is 0.334 e. The number of hydrogen-bond donors (Lipinski definition) is 1. The molecule has 0 aliphatic carbocycles. The standard InChI is InChI=1S/C14H17N3OS/c1-10-2-4-12(5-3-10)14-16-13(17-18-14)9-19-8-11-6-15-7-11/h2-5,11,15H,6-9H2,1H3. The summed E-state index contributed by atoms with van der Waals surface area (Å²) in [5, 5.41) is 7.31. The third kappa shape index (κ3) is 3.16. The monoisotopic (exact) mass is 275 g/mol. The lowest BCUT2D eigenvalue weighted by Crippen LogP contribution is -2.43. The Kier molecular flexibility index (Phi) is 3.84. The van der Waals surface area contributed by atoms with Gasteiger partial charge in [0.05, 0.1) is 5.75 Å². The van der Waals surface area contributed by atoms with E-state index in [1.807, 2.05) is 23.9 Å². The van der Waals surface area contributed by atoms with Gasteiger partial charge in [0.1, 0.15) is 0 Å². The van der Waals surface area contributed by atoms with Crippen LogP contribution in [0, 0.1) is 12.8 Å². The number of benzene rings is 1. The van der Waals surface area contributed by atoms with Crippen molar-refractivity contribution in [2.75, 3.05) is 18.8 Å². The third-order valence-electron chi connectivity index (χ3n) is 3.22. The number of nitrogens with zero attached hydrogens (tertiary/aromatic N) is 2. The summed E-state index contributed by atoms with van der Waals surface area (Å²) in [6.45, 7) is 4.36. The summed E-state index contributed by atoms with van der Waals surface area (Å²) < 4.78 is 5.30. The molecule has 0 spiro atoms. The Morgan fingerprint density at radius 1 is 1.32 bits per heavy atom. The first-order valence-electron chi connectivity index (χ1n) is 6.49. The highest BCUT2D eigenvalue weighted by Gasteiger charge is 2.16. The molecule has 1 aromatic heterocycles. The first kappa shape index (κ1) is 12.7. The van der Waals surface area contributed by atoms with Gasteiger partial charge in [0, 0.05) is 5.56 Å². The molecule has 1 N–H and O–H groups in total. The van der Waals surface area contributed by atoms with Gasteiger partial charge in [-0.2, -0.15) is 16.7 Å². The van der Waals surface area contributed by atoms with E-state index in [4.69, 9.17) is 4.52 Å². The summed E-state index contributed by atoms with van der Waals surface area (Å²) in [6.07, 6.45) is 0. The van der Waals surface area contributed by atoms with Crippen molar-refractivity contribution < 1.29 is 4.52 Å². The zero-order valence-corrected chi connectivity index (χ0v) is 11.7. The Hall–Kier alpha value is -1.33. The topological polar surface area (TPSA) is 51.0 Å². The second kappa shape index (κ2) is 5.75. The molecule has 19 heavy (non-hydrogen) atoms. The van der Waals surface area contributed by atoms with E-state index in [1.165, 1.54) is 11.3 Å². The second-order valence-electron chi connectivity index (χ2n) is 4.92. The van der Waals surface area contributed by atoms with Gasteiger partial charge in [-0.15, -0.1) is 0 Å². The first-order chi connectivity index (χ1) is 9.31. The fraction of sp³-hybridized carbons (Fsp3) is 0.429. The van der Waals surface area contributed by atoms with Gasteiger partial charge in [0.2, 0.25) is 0 Å². The molecule has 2 heterocycles. The molecule has 1 saturated heterocycles. The zero-order chi connectivity index (χ0) is 13.1. The molecule has 0 unspecified atom stereocenters. The second-order valence-corrected chi connectivity index (χ2v) is 5.95. The van der Waals surface area contributed by atoms with Crippen LogP contribution in [0.1, 0.15) is 11.4 Å². The van der Waals surface area contributed by atoms with Crippen LogP contribution in [0.25, 0.3) is 11.5 Å². The minimum Gasteiger partial charge on any atom is -0.334 e. The molecule has 0 atom stereocenters. The summed E-state index contributed by atoms with van der Waals surface area (Å²) >= 11 is 1.88. The van der Waals surface area contributed by atoms with Gasteiger partial charge >= 0.3 is 0 Å². The van der Waals surface area contributed by atoms with Crippen LogP contribution in [0.15, 0.2) is 28.8 Å². The van der Waals surface area contributed by atoms with Crippen molar-refractivity contribution in [3.63, 3.8) is 0 Å². The van der Waals surface area contributed by atoms with Crippen molar-refractivity contribution in [3.05, 3.63) is 35.7 Å². The molecule has 3 rings (SSSR count). The van der Waals surface area contributed by atoms with Gasteiger partial charge in [-0.3, -0.25) is 0 Å². The Bertz CT molecular complexity index is 534. The molecule has 5 heteroatoms. The van der Waals surface area contributed by atoms with Crippen molar-refractivity contribution in [2.45, 2.75) is 12.7 Å². The molecule has 1 fully saturated rings. The number of thioether (sulfide) groups is 1. The van der Waals surface area contributed by atoms with Crippen molar-refractivity contribution in [1.29, 1.82) is 0 Å². The highest BCUT2D eigenvalue weighted by molar-refractivity contribution is 7.98. The molecular formula is C14H17N3OS. The van der Waals surface area contributed by atoms with Crippen LogP contribution < -0.4 is 5.32 Å². The molecule has 1 aliphatic heterocycles. The van der Waals surface area contributed by atoms with E-state index in [0.29, 0.717) is 5.89 Å². The van der Waals surface area contributed by atoms with Gasteiger partial charge < -0.3 is 9.84 Å². The Morgan fingerprint density at radius 2 is 2.11 bits per heavy atom. The number of nitrogens with one attached hydrogen (secondary N) is 1. The lowest BCUT2D eigenvalue weighted by molar-refractivity contribution is 0.385. The number of rotatable bonds is 5. The van der Waals surface area contributed by atoms with Gasteiger partial charge in [-0.25, -0.2) is 0 Å². The smallest absolute Gasteiger partial charge is 0.257 e. The Labute approximate surface area is 117 Å². The van der Waals surface area contributed by atoms with E-state index in [2.05, 4.69) is 34.5 Å². The van der Waals surface area contributed by atoms with E-state index in [9.17, 15) is 0 Å². The molecule has 100 valence electrons. The fourth-order valence-electron chi connectivity index (χ4n) is 1.91. The van der Waals surface area contributed by atoms with Crippen molar-refractivity contribution in [3.8, 4) is 11.5 Å².